The number of hydrogen-bond acceptors (Lipinski definition) is 3. The lowest BCUT2D eigenvalue weighted by atomic mass is 10.2. The third kappa shape index (κ3) is 3.34. The number of benzene rings is 2. The highest BCUT2D eigenvalue weighted by Gasteiger charge is 2.15. The number of hydrogen-bond donors (Lipinski definition) is 3. The second kappa shape index (κ2) is 6.15. The van der Waals surface area contributed by atoms with Crippen molar-refractivity contribution in [3.05, 3.63) is 49.3 Å². The van der Waals surface area contributed by atoms with Crippen LogP contribution in [0.5, 0.6) is 5.75 Å². The van der Waals surface area contributed by atoms with E-state index in [1.807, 2.05) is 0 Å². The molecular weight excluding hydrogens is 456 g/mol. The first-order valence-corrected chi connectivity index (χ1v) is 7.81. The zero-order valence-electron chi connectivity index (χ0n) is 9.95. The average Bonchev–Trinajstić information content (AvgIpc) is 2.33. The van der Waals surface area contributed by atoms with E-state index in [2.05, 4.69) is 53.1 Å². The van der Waals surface area contributed by atoms with Crippen LogP contribution in [0.4, 0.5) is 11.4 Å². The number of carbonyl (C=O) groups is 1. The molecule has 4 N–H and O–H groups in total. The fraction of sp³-hybridized carbons (Fsp3) is 0. The van der Waals surface area contributed by atoms with Crippen LogP contribution in [-0.2, 0) is 0 Å². The number of carbonyl (C=O) groups excluding carboxylic acids is 1. The Morgan fingerprint density at radius 1 is 1.10 bits per heavy atom. The quantitative estimate of drug-likeness (QED) is 0.572. The summed E-state index contributed by atoms with van der Waals surface area (Å²) in [5.74, 6) is -0.513. The fourth-order valence-corrected chi connectivity index (χ4v) is 3.36. The molecule has 0 spiro atoms. The molecule has 0 unspecified atom stereocenters. The zero-order valence-corrected chi connectivity index (χ0v) is 14.7. The van der Waals surface area contributed by atoms with Crippen molar-refractivity contribution in [1.29, 1.82) is 0 Å². The molecular formula is C13H9Br3N2O2. The van der Waals surface area contributed by atoms with Gasteiger partial charge in [0.05, 0.1) is 11.3 Å². The lowest BCUT2D eigenvalue weighted by molar-refractivity contribution is 0.102. The van der Waals surface area contributed by atoms with Gasteiger partial charge in [-0.1, -0.05) is 15.9 Å². The molecule has 0 fully saturated rings. The molecule has 20 heavy (non-hydrogen) atoms. The first-order valence-electron chi connectivity index (χ1n) is 5.43. The third-order valence-electron chi connectivity index (χ3n) is 2.51. The molecule has 0 aliphatic carbocycles. The monoisotopic (exact) mass is 462 g/mol. The largest absolute Gasteiger partial charge is 0.507 e. The van der Waals surface area contributed by atoms with Crippen LogP contribution in [0.25, 0.3) is 0 Å². The maximum atomic E-state index is 12.2. The molecule has 0 aromatic heterocycles. The van der Waals surface area contributed by atoms with Gasteiger partial charge in [-0.05, 0) is 62.2 Å². The van der Waals surface area contributed by atoms with Gasteiger partial charge in [-0.2, -0.15) is 0 Å². The number of nitrogen functional groups attached to an aromatic ring is 1. The van der Waals surface area contributed by atoms with Crippen molar-refractivity contribution in [3.63, 3.8) is 0 Å². The summed E-state index contributed by atoms with van der Waals surface area (Å²) in [6.45, 7) is 0. The Kier molecular flexibility index (Phi) is 4.72. The summed E-state index contributed by atoms with van der Waals surface area (Å²) >= 11 is 9.89. The van der Waals surface area contributed by atoms with Crippen molar-refractivity contribution in [2.45, 2.75) is 0 Å². The number of rotatable bonds is 2. The van der Waals surface area contributed by atoms with Gasteiger partial charge in [0.15, 0.2) is 0 Å². The highest BCUT2D eigenvalue weighted by Crippen LogP contribution is 2.34. The van der Waals surface area contributed by atoms with Gasteiger partial charge in [-0.15, -0.1) is 0 Å². The Bertz CT molecular complexity index is 666. The van der Waals surface area contributed by atoms with Gasteiger partial charge in [0.25, 0.3) is 5.91 Å². The summed E-state index contributed by atoms with van der Waals surface area (Å²) in [6.07, 6.45) is 0. The van der Waals surface area contributed by atoms with E-state index < -0.39 is 5.91 Å². The van der Waals surface area contributed by atoms with Crippen molar-refractivity contribution in [1.82, 2.24) is 0 Å². The molecule has 2 aromatic carbocycles. The van der Waals surface area contributed by atoms with Gasteiger partial charge >= 0.3 is 0 Å². The fourth-order valence-electron chi connectivity index (χ4n) is 1.59. The van der Waals surface area contributed by atoms with Crippen molar-refractivity contribution in [3.8, 4) is 5.75 Å². The van der Waals surface area contributed by atoms with Gasteiger partial charge in [0.2, 0.25) is 0 Å². The standard InChI is InChI=1S/C13H9Br3N2O2/c14-6-1-2-8(11(19)3-6)13(20)18-12-9(15)4-7(17)5-10(12)16/h1-5,19H,17H2,(H,18,20). The minimum atomic E-state index is -0.416. The topological polar surface area (TPSA) is 75.3 Å². The van der Waals surface area contributed by atoms with Crippen LogP contribution in [0.3, 0.4) is 0 Å². The van der Waals surface area contributed by atoms with E-state index in [-0.39, 0.29) is 11.3 Å². The van der Waals surface area contributed by atoms with Crippen LogP contribution in [0, 0.1) is 0 Å². The number of nitrogens with two attached hydrogens (primary N) is 1. The van der Waals surface area contributed by atoms with Crippen molar-refractivity contribution >= 4 is 65.1 Å². The molecule has 2 aromatic rings. The molecule has 0 saturated carbocycles. The second-order valence-corrected chi connectivity index (χ2v) is 6.60. The average molecular weight is 465 g/mol. The van der Waals surface area contributed by atoms with Gasteiger partial charge in [0, 0.05) is 19.1 Å². The number of anilines is 2. The second-order valence-electron chi connectivity index (χ2n) is 3.98. The van der Waals surface area contributed by atoms with E-state index >= 15 is 0 Å². The molecule has 0 bridgehead atoms. The highest BCUT2D eigenvalue weighted by molar-refractivity contribution is 9.11. The Balaban J connectivity index is 2.33. The van der Waals surface area contributed by atoms with Crippen LogP contribution >= 0.6 is 47.8 Å². The van der Waals surface area contributed by atoms with E-state index in [9.17, 15) is 9.90 Å². The number of phenols is 1. The summed E-state index contributed by atoms with van der Waals surface area (Å²) in [4.78, 5) is 12.2. The number of amides is 1. The van der Waals surface area contributed by atoms with Crippen molar-refractivity contribution in [2.24, 2.45) is 0 Å². The summed E-state index contributed by atoms with van der Waals surface area (Å²) in [5.41, 5.74) is 6.99. The number of halogens is 3. The van der Waals surface area contributed by atoms with E-state index in [0.29, 0.717) is 24.8 Å². The summed E-state index contributed by atoms with van der Waals surface area (Å²) in [6, 6.07) is 8.04. The summed E-state index contributed by atoms with van der Waals surface area (Å²) in [5, 5.41) is 12.5. The maximum Gasteiger partial charge on any atom is 0.259 e. The van der Waals surface area contributed by atoms with E-state index in [1.54, 1.807) is 18.2 Å². The van der Waals surface area contributed by atoms with Crippen LogP contribution in [0.15, 0.2) is 43.7 Å². The molecule has 7 heteroatoms. The van der Waals surface area contributed by atoms with Crippen LogP contribution in [0.1, 0.15) is 10.4 Å². The maximum absolute atomic E-state index is 12.2. The number of phenolic OH excluding ortho intramolecular Hbond substituents is 1. The molecule has 4 nitrogen and oxygen atoms in total. The molecule has 0 aliphatic rings. The first kappa shape index (κ1) is 15.3. The highest BCUT2D eigenvalue weighted by atomic mass is 79.9. The molecule has 2 rings (SSSR count). The van der Waals surface area contributed by atoms with Crippen molar-refractivity contribution < 1.29 is 9.90 Å². The first-order chi connectivity index (χ1) is 9.38. The lowest BCUT2D eigenvalue weighted by Gasteiger charge is -2.11. The van der Waals surface area contributed by atoms with E-state index in [1.165, 1.54) is 12.1 Å². The minimum Gasteiger partial charge on any atom is -0.507 e. The summed E-state index contributed by atoms with van der Waals surface area (Å²) in [7, 11) is 0. The Morgan fingerprint density at radius 3 is 2.25 bits per heavy atom. The van der Waals surface area contributed by atoms with E-state index in [0.717, 1.165) is 0 Å². The molecule has 0 heterocycles. The SMILES string of the molecule is Nc1cc(Br)c(NC(=O)c2ccc(Br)cc2O)c(Br)c1. The molecule has 0 atom stereocenters. The summed E-state index contributed by atoms with van der Waals surface area (Å²) < 4.78 is 1.99. The zero-order chi connectivity index (χ0) is 14.9. The Hall–Kier alpha value is -1.05. The molecule has 0 radical (unpaired) electrons. The predicted octanol–water partition coefficient (Wildman–Crippen LogP) is 4.51. The molecule has 0 saturated heterocycles. The third-order valence-corrected chi connectivity index (χ3v) is 4.25. The van der Waals surface area contributed by atoms with Gasteiger partial charge in [0.1, 0.15) is 5.75 Å². The Morgan fingerprint density at radius 2 is 1.70 bits per heavy atom. The lowest BCUT2D eigenvalue weighted by Crippen LogP contribution is -2.13. The molecule has 104 valence electrons. The van der Waals surface area contributed by atoms with Crippen LogP contribution < -0.4 is 11.1 Å². The number of aromatic hydroxyl groups is 1. The number of nitrogens with one attached hydrogen (secondary N) is 1. The normalized spacial score (nSPS) is 10.3. The van der Waals surface area contributed by atoms with Gasteiger partial charge in [-0.25, -0.2) is 0 Å². The predicted molar refractivity (Wildman–Crippen MR) is 90.0 cm³/mol. The van der Waals surface area contributed by atoms with Crippen LogP contribution in [-0.4, -0.2) is 11.0 Å². The van der Waals surface area contributed by atoms with Crippen LogP contribution in [0.2, 0.25) is 0 Å². The van der Waals surface area contributed by atoms with Crippen molar-refractivity contribution in [2.75, 3.05) is 11.1 Å². The van der Waals surface area contributed by atoms with Gasteiger partial charge < -0.3 is 16.2 Å². The van der Waals surface area contributed by atoms with E-state index in [4.69, 9.17) is 5.73 Å². The minimum absolute atomic E-state index is 0.0976. The molecule has 0 aliphatic heterocycles. The molecule has 1 amide bonds. The van der Waals surface area contributed by atoms with Gasteiger partial charge in [-0.3, -0.25) is 4.79 Å². The smallest absolute Gasteiger partial charge is 0.259 e. The Labute approximate surface area is 140 Å².